The highest BCUT2D eigenvalue weighted by Gasteiger charge is 2.32. The maximum atomic E-state index is 13.9. The highest BCUT2D eigenvalue weighted by Crippen LogP contribution is 2.33. The van der Waals surface area contributed by atoms with Gasteiger partial charge in [-0.1, -0.05) is 12.1 Å². The first kappa shape index (κ1) is 18.6. The summed E-state index contributed by atoms with van der Waals surface area (Å²) in [5.74, 6) is 0.0443. The van der Waals surface area contributed by atoms with E-state index >= 15 is 0 Å². The molecule has 2 fully saturated rings. The lowest BCUT2D eigenvalue weighted by Gasteiger charge is -2.35. The lowest BCUT2D eigenvalue weighted by molar-refractivity contribution is 0.139. The van der Waals surface area contributed by atoms with E-state index < -0.39 is 11.6 Å². The average Bonchev–Trinajstić information content (AvgIpc) is 3.29. The van der Waals surface area contributed by atoms with Gasteiger partial charge in [0.2, 0.25) is 0 Å². The maximum absolute atomic E-state index is 13.9. The van der Waals surface area contributed by atoms with E-state index in [1.165, 1.54) is 12.5 Å². The summed E-state index contributed by atoms with van der Waals surface area (Å²) in [6.07, 6.45) is 3.56. The summed E-state index contributed by atoms with van der Waals surface area (Å²) in [5.41, 5.74) is 2.71. The van der Waals surface area contributed by atoms with Crippen LogP contribution in [0.5, 0.6) is 0 Å². The molecule has 146 valence electrons. The fourth-order valence-electron chi connectivity index (χ4n) is 4.67. The van der Waals surface area contributed by atoms with E-state index in [0.29, 0.717) is 12.1 Å². The van der Waals surface area contributed by atoms with Gasteiger partial charge in [0.05, 0.1) is 5.69 Å². The van der Waals surface area contributed by atoms with E-state index in [9.17, 15) is 8.78 Å². The van der Waals surface area contributed by atoms with Crippen molar-refractivity contribution in [3.05, 3.63) is 52.9 Å². The minimum absolute atomic E-state index is 0.467. The second-order valence-electron chi connectivity index (χ2n) is 8.15. The summed E-state index contributed by atoms with van der Waals surface area (Å²) in [6.45, 7) is 7.70. The number of benzene rings is 1. The molecular formula is C21H28F2N4. The third-order valence-corrected chi connectivity index (χ3v) is 6.18. The molecule has 0 aliphatic carbocycles. The molecule has 3 heterocycles. The fourth-order valence-corrected chi connectivity index (χ4v) is 4.67. The van der Waals surface area contributed by atoms with E-state index in [0.717, 1.165) is 68.8 Å². The number of likely N-dealkylation sites (tertiary alicyclic amines) is 2. The third-order valence-electron chi connectivity index (χ3n) is 6.18. The van der Waals surface area contributed by atoms with Crippen molar-refractivity contribution in [2.45, 2.75) is 39.3 Å². The topological polar surface area (TPSA) is 35.2 Å². The van der Waals surface area contributed by atoms with Crippen LogP contribution in [0.1, 0.15) is 36.2 Å². The molecule has 0 saturated carbocycles. The zero-order valence-corrected chi connectivity index (χ0v) is 15.9. The molecule has 1 N–H and O–H groups in total. The van der Waals surface area contributed by atoms with Gasteiger partial charge in [-0.25, -0.2) is 8.78 Å². The van der Waals surface area contributed by atoms with Crippen molar-refractivity contribution in [2.75, 3.05) is 26.2 Å². The normalized spacial score (nSPS) is 22.6. The number of aromatic amines is 1. The number of nitrogens with one attached hydrogen (secondary N) is 1. The molecule has 2 aliphatic heterocycles. The fraction of sp³-hybridized carbons (Fsp3) is 0.571. The van der Waals surface area contributed by atoms with Crippen LogP contribution in [0, 0.1) is 30.4 Å². The van der Waals surface area contributed by atoms with E-state index in [4.69, 9.17) is 0 Å². The Hall–Kier alpha value is -1.79. The van der Waals surface area contributed by atoms with Crippen molar-refractivity contribution in [3.63, 3.8) is 0 Å². The molecule has 1 aromatic carbocycles. The van der Waals surface area contributed by atoms with Gasteiger partial charge < -0.3 is 0 Å². The van der Waals surface area contributed by atoms with Gasteiger partial charge in [-0.05, 0) is 69.8 Å². The van der Waals surface area contributed by atoms with Gasteiger partial charge in [0.25, 0.3) is 0 Å². The number of hydrogen-bond acceptors (Lipinski definition) is 3. The predicted molar refractivity (Wildman–Crippen MR) is 101 cm³/mol. The first-order chi connectivity index (χ1) is 13.1. The number of aryl methyl sites for hydroxylation is 1. The van der Waals surface area contributed by atoms with Gasteiger partial charge in [0.15, 0.2) is 11.6 Å². The minimum Gasteiger partial charge on any atom is -0.299 e. The molecule has 2 saturated heterocycles. The number of aromatic nitrogens is 2. The predicted octanol–water partition coefficient (Wildman–Crippen LogP) is 3.73. The third kappa shape index (κ3) is 4.38. The first-order valence-electron chi connectivity index (χ1n) is 9.97. The molecule has 2 aromatic rings. The van der Waals surface area contributed by atoms with Gasteiger partial charge in [-0.2, -0.15) is 5.10 Å². The minimum atomic E-state index is -0.750. The molecule has 4 rings (SSSR count). The van der Waals surface area contributed by atoms with Crippen LogP contribution >= 0.6 is 0 Å². The van der Waals surface area contributed by atoms with Crippen LogP contribution in [0.4, 0.5) is 8.78 Å². The van der Waals surface area contributed by atoms with E-state index in [-0.39, 0.29) is 0 Å². The summed E-state index contributed by atoms with van der Waals surface area (Å²) >= 11 is 0. The summed E-state index contributed by atoms with van der Waals surface area (Å²) in [7, 11) is 0. The quantitative estimate of drug-likeness (QED) is 0.866. The van der Waals surface area contributed by atoms with Gasteiger partial charge >= 0.3 is 0 Å². The number of halogens is 2. The van der Waals surface area contributed by atoms with Crippen molar-refractivity contribution in [3.8, 4) is 0 Å². The molecule has 27 heavy (non-hydrogen) atoms. The van der Waals surface area contributed by atoms with Crippen molar-refractivity contribution in [1.29, 1.82) is 0 Å². The van der Waals surface area contributed by atoms with Crippen LogP contribution in [0.25, 0.3) is 0 Å². The Morgan fingerprint density at radius 1 is 1.04 bits per heavy atom. The largest absolute Gasteiger partial charge is 0.299 e. The maximum Gasteiger partial charge on any atom is 0.163 e. The van der Waals surface area contributed by atoms with Crippen molar-refractivity contribution >= 4 is 0 Å². The molecule has 0 radical (unpaired) electrons. The van der Waals surface area contributed by atoms with Crippen LogP contribution in [-0.2, 0) is 13.1 Å². The molecule has 2 aliphatic rings. The Bertz CT molecular complexity index is 767. The number of rotatable bonds is 5. The Balaban J connectivity index is 1.25. The van der Waals surface area contributed by atoms with E-state index in [1.54, 1.807) is 12.1 Å². The van der Waals surface area contributed by atoms with Crippen LogP contribution in [0.15, 0.2) is 24.3 Å². The summed E-state index contributed by atoms with van der Waals surface area (Å²) in [5, 5.41) is 7.37. The average molecular weight is 374 g/mol. The highest BCUT2D eigenvalue weighted by molar-refractivity contribution is 5.19. The van der Waals surface area contributed by atoms with Crippen molar-refractivity contribution < 1.29 is 8.78 Å². The van der Waals surface area contributed by atoms with E-state index in [1.807, 2.05) is 6.92 Å². The summed E-state index contributed by atoms with van der Waals surface area (Å²) < 4.78 is 27.3. The van der Waals surface area contributed by atoms with Crippen LogP contribution in [0.2, 0.25) is 0 Å². The molecular weight excluding hydrogens is 346 g/mol. The molecule has 1 atom stereocenters. The number of nitrogens with zero attached hydrogens (tertiary/aromatic N) is 3. The zero-order chi connectivity index (χ0) is 18.8. The lowest BCUT2D eigenvalue weighted by Crippen LogP contribution is -2.36. The molecule has 1 aromatic heterocycles. The van der Waals surface area contributed by atoms with Gasteiger partial charge in [0, 0.05) is 30.9 Å². The van der Waals surface area contributed by atoms with Gasteiger partial charge in [0.1, 0.15) is 0 Å². The highest BCUT2D eigenvalue weighted by atomic mass is 19.2. The number of hydrogen-bond donors (Lipinski definition) is 1. The molecule has 0 spiro atoms. The zero-order valence-electron chi connectivity index (χ0n) is 15.9. The number of piperidine rings is 1. The lowest BCUT2D eigenvalue weighted by atomic mass is 9.83. The number of H-pyrrole nitrogens is 1. The van der Waals surface area contributed by atoms with Gasteiger partial charge in [-0.15, -0.1) is 0 Å². The summed E-state index contributed by atoms with van der Waals surface area (Å²) in [4.78, 5) is 4.77. The SMILES string of the molecule is Cc1cc(CN2CCC(C3CCN(Cc4cccc(F)c4F)CC3)C2)n[nH]1. The smallest absolute Gasteiger partial charge is 0.163 e. The monoisotopic (exact) mass is 374 g/mol. The van der Waals surface area contributed by atoms with Crippen LogP contribution < -0.4 is 0 Å². The second kappa shape index (κ2) is 8.07. The van der Waals surface area contributed by atoms with Crippen molar-refractivity contribution in [2.24, 2.45) is 11.8 Å². The van der Waals surface area contributed by atoms with Crippen LogP contribution in [0.3, 0.4) is 0 Å². The standard InChI is InChI=1S/C21H28F2N4/c1-15-11-19(25-24-15)14-27-10-7-17(12-27)16-5-8-26(9-6-16)13-18-3-2-4-20(22)21(18)23/h2-4,11,16-17H,5-10,12-14H2,1H3,(H,24,25). The summed E-state index contributed by atoms with van der Waals surface area (Å²) in [6, 6.07) is 6.59. The Morgan fingerprint density at radius 3 is 2.52 bits per heavy atom. The second-order valence-corrected chi connectivity index (χ2v) is 8.15. The Labute approximate surface area is 159 Å². The van der Waals surface area contributed by atoms with Crippen LogP contribution in [-0.4, -0.2) is 46.2 Å². The van der Waals surface area contributed by atoms with Gasteiger partial charge in [-0.3, -0.25) is 14.9 Å². The first-order valence-corrected chi connectivity index (χ1v) is 9.97. The Morgan fingerprint density at radius 2 is 1.78 bits per heavy atom. The molecule has 4 nitrogen and oxygen atoms in total. The molecule has 1 unspecified atom stereocenters. The molecule has 0 amide bonds. The molecule has 0 bridgehead atoms. The van der Waals surface area contributed by atoms with Crippen molar-refractivity contribution in [1.82, 2.24) is 20.0 Å². The Kier molecular flexibility index (Phi) is 5.55. The van der Waals surface area contributed by atoms with E-state index in [2.05, 4.69) is 26.1 Å². The molecule has 6 heteroatoms.